The van der Waals surface area contributed by atoms with Crippen LogP contribution in [0.3, 0.4) is 0 Å². The second-order valence-corrected chi connectivity index (χ2v) is 6.61. The van der Waals surface area contributed by atoms with Crippen molar-refractivity contribution in [3.8, 4) is 0 Å². The minimum Gasteiger partial charge on any atom is -0.371 e. The zero-order valence-electron chi connectivity index (χ0n) is 11.0. The van der Waals surface area contributed by atoms with Crippen molar-refractivity contribution in [3.05, 3.63) is 11.6 Å². The van der Waals surface area contributed by atoms with Crippen LogP contribution >= 0.6 is 0 Å². The molecule has 0 N–H and O–H groups in total. The van der Waals surface area contributed by atoms with Gasteiger partial charge in [0.05, 0.1) is 11.7 Å². The van der Waals surface area contributed by atoms with Gasteiger partial charge in [-0.25, -0.2) is 0 Å². The molecule has 0 amide bonds. The summed E-state index contributed by atoms with van der Waals surface area (Å²) in [5, 5.41) is 0. The van der Waals surface area contributed by atoms with E-state index in [4.69, 9.17) is 4.74 Å². The Morgan fingerprint density at radius 1 is 1.44 bits per heavy atom. The summed E-state index contributed by atoms with van der Waals surface area (Å²) in [6.07, 6.45) is 6.90. The summed E-state index contributed by atoms with van der Waals surface area (Å²) in [6.45, 7) is 9.43. The van der Waals surface area contributed by atoms with Crippen LogP contribution in [0, 0.1) is 23.7 Å². The highest BCUT2D eigenvalue weighted by Gasteiger charge is 2.62. The van der Waals surface area contributed by atoms with Gasteiger partial charge in [0.2, 0.25) is 0 Å². The molecule has 0 aromatic rings. The predicted octanol–water partition coefficient (Wildman–Crippen LogP) is 3.79. The van der Waals surface area contributed by atoms with E-state index in [0.29, 0.717) is 12.0 Å². The third-order valence-electron chi connectivity index (χ3n) is 5.34. The summed E-state index contributed by atoms with van der Waals surface area (Å²) in [5.74, 6) is 3.00. The summed E-state index contributed by atoms with van der Waals surface area (Å²) >= 11 is 0. The third kappa shape index (κ3) is 1.21. The largest absolute Gasteiger partial charge is 0.371 e. The molecule has 0 radical (unpaired) electrons. The first-order valence-electron chi connectivity index (χ1n) is 6.89. The lowest BCUT2D eigenvalue weighted by Crippen LogP contribution is -2.45. The normalized spacial score (nSPS) is 50.7. The number of allylic oxidation sites excluding steroid dienone is 1. The maximum absolute atomic E-state index is 6.45. The molecule has 1 aliphatic carbocycles. The van der Waals surface area contributed by atoms with E-state index in [1.54, 1.807) is 5.57 Å². The van der Waals surface area contributed by atoms with Crippen molar-refractivity contribution in [3.63, 3.8) is 0 Å². The van der Waals surface area contributed by atoms with Gasteiger partial charge in [-0.05, 0) is 43.9 Å². The maximum Gasteiger partial charge on any atom is 0.0781 e. The van der Waals surface area contributed by atoms with Gasteiger partial charge in [-0.1, -0.05) is 32.4 Å². The molecule has 0 aromatic heterocycles. The number of ether oxygens (including phenoxy) is 1. The zero-order chi connectivity index (χ0) is 11.5. The van der Waals surface area contributed by atoms with Gasteiger partial charge >= 0.3 is 0 Å². The average molecular weight is 220 g/mol. The van der Waals surface area contributed by atoms with Crippen LogP contribution in [-0.4, -0.2) is 11.7 Å². The van der Waals surface area contributed by atoms with Crippen molar-refractivity contribution in [2.24, 2.45) is 23.7 Å². The Bertz CT molecular complexity index is 330. The molecule has 0 unspecified atom stereocenters. The molecule has 2 aliphatic heterocycles. The summed E-state index contributed by atoms with van der Waals surface area (Å²) in [7, 11) is 0. The van der Waals surface area contributed by atoms with E-state index in [9.17, 15) is 0 Å². The van der Waals surface area contributed by atoms with Crippen LogP contribution < -0.4 is 0 Å². The molecule has 2 fully saturated rings. The smallest absolute Gasteiger partial charge is 0.0781 e. The minimum atomic E-state index is 0.221. The lowest BCUT2D eigenvalue weighted by atomic mass is 9.60. The Morgan fingerprint density at radius 3 is 2.88 bits per heavy atom. The molecule has 2 heterocycles. The fraction of sp³-hybridized carbons (Fsp3) is 0.867. The van der Waals surface area contributed by atoms with Crippen molar-refractivity contribution < 1.29 is 4.74 Å². The van der Waals surface area contributed by atoms with Gasteiger partial charge in [0.25, 0.3) is 0 Å². The van der Waals surface area contributed by atoms with Crippen LogP contribution in [0.1, 0.15) is 47.0 Å². The van der Waals surface area contributed by atoms with E-state index >= 15 is 0 Å². The van der Waals surface area contributed by atoms with E-state index < -0.39 is 0 Å². The third-order valence-corrected chi connectivity index (χ3v) is 5.34. The van der Waals surface area contributed by atoms with Gasteiger partial charge in [-0.2, -0.15) is 0 Å². The SMILES string of the molecule is CC1=C[C@H]2[C@H](C(C)C)[C@@H]3C[C@@H](C)[C@@]2(CC1)O3. The lowest BCUT2D eigenvalue weighted by molar-refractivity contribution is -0.0309. The second kappa shape index (κ2) is 3.35. The van der Waals surface area contributed by atoms with Crippen LogP contribution in [-0.2, 0) is 4.74 Å². The highest BCUT2D eigenvalue weighted by Crippen LogP contribution is 2.60. The summed E-state index contributed by atoms with van der Waals surface area (Å²) in [4.78, 5) is 0. The van der Waals surface area contributed by atoms with E-state index in [2.05, 4.69) is 33.8 Å². The van der Waals surface area contributed by atoms with Crippen LogP contribution in [0.25, 0.3) is 0 Å². The Kier molecular flexibility index (Phi) is 2.27. The number of hydrogen-bond acceptors (Lipinski definition) is 1. The summed E-state index contributed by atoms with van der Waals surface area (Å²) in [5.41, 5.74) is 1.81. The Labute approximate surface area is 99.3 Å². The Hall–Kier alpha value is -0.300. The molecule has 2 bridgehead atoms. The van der Waals surface area contributed by atoms with Crippen molar-refractivity contribution in [1.29, 1.82) is 0 Å². The Balaban J connectivity index is 2.01. The van der Waals surface area contributed by atoms with Gasteiger partial charge in [0.1, 0.15) is 0 Å². The number of hydrogen-bond donors (Lipinski definition) is 0. The maximum atomic E-state index is 6.45. The number of rotatable bonds is 1. The van der Waals surface area contributed by atoms with E-state index in [-0.39, 0.29) is 5.60 Å². The van der Waals surface area contributed by atoms with E-state index in [0.717, 1.165) is 17.8 Å². The number of fused-ring (bicyclic) bond motifs is 1. The van der Waals surface area contributed by atoms with Gasteiger partial charge in [0.15, 0.2) is 0 Å². The minimum absolute atomic E-state index is 0.221. The molecular weight excluding hydrogens is 196 g/mol. The van der Waals surface area contributed by atoms with Crippen molar-refractivity contribution >= 4 is 0 Å². The molecule has 1 spiro atoms. The van der Waals surface area contributed by atoms with Crippen LogP contribution in [0.5, 0.6) is 0 Å². The molecule has 90 valence electrons. The van der Waals surface area contributed by atoms with Gasteiger partial charge in [-0.3, -0.25) is 0 Å². The monoisotopic (exact) mass is 220 g/mol. The fourth-order valence-corrected chi connectivity index (χ4v) is 4.54. The second-order valence-electron chi connectivity index (χ2n) is 6.61. The topological polar surface area (TPSA) is 9.23 Å². The average Bonchev–Trinajstić information content (AvgIpc) is 2.67. The zero-order valence-corrected chi connectivity index (χ0v) is 11.0. The lowest BCUT2D eigenvalue weighted by Gasteiger charge is -2.43. The van der Waals surface area contributed by atoms with E-state index in [1.807, 2.05) is 0 Å². The molecular formula is C15H24O. The molecule has 1 heteroatoms. The van der Waals surface area contributed by atoms with Crippen molar-refractivity contribution in [1.82, 2.24) is 0 Å². The van der Waals surface area contributed by atoms with Crippen LogP contribution in [0.2, 0.25) is 0 Å². The highest BCUT2D eigenvalue weighted by molar-refractivity contribution is 5.22. The standard InChI is InChI=1S/C15H24O/c1-9(2)14-12-7-10(3)5-6-15(12)11(4)8-13(14)16-15/h7,9,11-14H,5-6,8H2,1-4H3/t11-,12+,13+,14+,15-/m1/s1. The molecule has 3 aliphatic rings. The molecule has 1 nitrogen and oxygen atoms in total. The molecule has 16 heavy (non-hydrogen) atoms. The van der Waals surface area contributed by atoms with Gasteiger partial charge in [-0.15, -0.1) is 0 Å². The molecule has 5 atom stereocenters. The Morgan fingerprint density at radius 2 is 2.19 bits per heavy atom. The quantitative estimate of drug-likeness (QED) is 0.611. The first kappa shape index (κ1) is 10.8. The first-order chi connectivity index (χ1) is 7.54. The molecule has 0 aromatic carbocycles. The van der Waals surface area contributed by atoms with Gasteiger partial charge < -0.3 is 4.74 Å². The van der Waals surface area contributed by atoms with Gasteiger partial charge in [0, 0.05) is 5.92 Å². The molecule has 2 saturated heterocycles. The highest BCUT2D eigenvalue weighted by atomic mass is 16.5. The van der Waals surface area contributed by atoms with Crippen molar-refractivity contribution in [2.75, 3.05) is 0 Å². The molecule has 3 rings (SSSR count). The molecule has 0 saturated carbocycles. The van der Waals surface area contributed by atoms with E-state index in [1.165, 1.54) is 19.3 Å². The van der Waals surface area contributed by atoms with Crippen molar-refractivity contribution in [2.45, 2.75) is 58.7 Å². The van der Waals surface area contributed by atoms with Crippen LogP contribution in [0.4, 0.5) is 0 Å². The summed E-state index contributed by atoms with van der Waals surface area (Å²) < 4.78 is 6.45. The summed E-state index contributed by atoms with van der Waals surface area (Å²) in [6, 6.07) is 0. The first-order valence-corrected chi connectivity index (χ1v) is 6.89. The van der Waals surface area contributed by atoms with Crippen LogP contribution in [0.15, 0.2) is 11.6 Å². The predicted molar refractivity (Wildman–Crippen MR) is 66.2 cm³/mol. The fourth-order valence-electron chi connectivity index (χ4n) is 4.54.